The third kappa shape index (κ3) is 4.68. The van der Waals surface area contributed by atoms with Crippen LogP contribution in [0.3, 0.4) is 0 Å². The summed E-state index contributed by atoms with van der Waals surface area (Å²) in [5.41, 5.74) is 2.46. The van der Waals surface area contributed by atoms with Crippen molar-refractivity contribution in [1.29, 1.82) is 0 Å². The van der Waals surface area contributed by atoms with Crippen LogP contribution in [0, 0.1) is 6.92 Å². The maximum absolute atomic E-state index is 4.78. The Hall–Kier alpha value is -1.13. The van der Waals surface area contributed by atoms with E-state index in [9.17, 15) is 0 Å². The summed E-state index contributed by atoms with van der Waals surface area (Å²) in [6.07, 6.45) is 2.38. The molecule has 1 aromatic rings. The average Bonchev–Trinajstić information content (AvgIpc) is 2.59. The second-order valence-corrected chi connectivity index (χ2v) is 6.31. The maximum Gasteiger partial charge on any atom is 0.129 e. The molecule has 0 bridgehead atoms. The molecule has 0 saturated carbocycles. The summed E-state index contributed by atoms with van der Waals surface area (Å²) in [6, 6.07) is 4.97. The number of rotatable bonds is 5. The molecule has 1 aromatic heterocycles. The summed E-state index contributed by atoms with van der Waals surface area (Å²) in [7, 11) is 2.21. The molecule has 1 saturated heterocycles. The fourth-order valence-corrected chi connectivity index (χ4v) is 3.09. The van der Waals surface area contributed by atoms with Gasteiger partial charge >= 0.3 is 0 Å². The molecule has 1 aliphatic heterocycles. The van der Waals surface area contributed by atoms with Crippen LogP contribution in [0.15, 0.2) is 12.1 Å². The summed E-state index contributed by atoms with van der Waals surface area (Å²) in [5.74, 6) is 1.14. The maximum atomic E-state index is 4.78. The number of pyridine rings is 1. The van der Waals surface area contributed by atoms with Gasteiger partial charge < -0.3 is 15.1 Å². The van der Waals surface area contributed by atoms with Crippen LogP contribution in [-0.2, 0) is 6.54 Å². The Morgan fingerprint density at radius 1 is 1.33 bits per heavy atom. The van der Waals surface area contributed by atoms with Crippen LogP contribution in [0.4, 0.5) is 5.82 Å². The predicted octanol–water partition coefficient (Wildman–Crippen LogP) is 2.42. The highest BCUT2D eigenvalue weighted by Crippen LogP contribution is 2.20. The largest absolute Gasteiger partial charge is 0.353 e. The van der Waals surface area contributed by atoms with Gasteiger partial charge in [-0.3, -0.25) is 0 Å². The van der Waals surface area contributed by atoms with Crippen molar-refractivity contribution in [1.82, 2.24) is 15.2 Å². The Balaban J connectivity index is 2.14. The molecule has 1 aliphatic rings. The van der Waals surface area contributed by atoms with Crippen molar-refractivity contribution in [2.45, 2.75) is 46.2 Å². The summed E-state index contributed by atoms with van der Waals surface area (Å²) in [4.78, 5) is 9.68. The number of anilines is 1. The van der Waals surface area contributed by atoms with E-state index in [0.717, 1.165) is 37.7 Å². The highest BCUT2D eigenvalue weighted by molar-refractivity contribution is 5.44. The van der Waals surface area contributed by atoms with Crippen LogP contribution < -0.4 is 10.2 Å². The minimum absolute atomic E-state index is 0.517. The molecule has 1 fully saturated rings. The standard InChI is InChI=1S/C17H30N4/c1-5-7-18-12-16-10-14(2)19-17(11-16)21-9-6-8-20(4)13-15(21)3/h10-11,15,18H,5-9,12-13H2,1-4H3. The minimum atomic E-state index is 0.517. The van der Waals surface area contributed by atoms with E-state index in [-0.39, 0.29) is 0 Å². The smallest absolute Gasteiger partial charge is 0.129 e. The third-order valence-corrected chi connectivity index (χ3v) is 4.10. The SMILES string of the molecule is CCCNCc1cc(C)nc(N2CCCN(C)CC2C)c1. The Kier molecular flexibility index (Phi) is 6.00. The van der Waals surface area contributed by atoms with Gasteiger partial charge in [0.05, 0.1) is 0 Å². The van der Waals surface area contributed by atoms with E-state index in [1.807, 2.05) is 0 Å². The number of aromatic nitrogens is 1. The van der Waals surface area contributed by atoms with Crippen LogP contribution in [0.1, 0.15) is 37.9 Å². The van der Waals surface area contributed by atoms with E-state index in [1.165, 1.54) is 24.9 Å². The monoisotopic (exact) mass is 290 g/mol. The molecule has 118 valence electrons. The van der Waals surface area contributed by atoms with Crippen LogP contribution >= 0.6 is 0 Å². The first-order valence-electron chi connectivity index (χ1n) is 8.23. The normalized spacial score (nSPS) is 20.6. The van der Waals surface area contributed by atoms with Crippen molar-refractivity contribution < 1.29 is 0 Å². The molecule has 2 heterocycles. The molecule has 0 aliphatic carbocycles. The van der Waals surface area contributed by atoms with E-state index in [2.05, 4.69) is 55.1 Å². The lowest BCUT2D eigenvalue weighted by atomic mass is 10.2. The van der Waals surface area contributed by atoms with Gasteiger partial charge in [-0.05, 0) is 64.5 Å². The molecule has 0 aromatic carbocycles. The second-order valence-electron chi connectivity index (χ2n) is 6.31. The molecule has 4 nitrogen and oxygen atoms in total. The number of hydrogen-bond acceptors (Lipinski definition) is 4. The van der Waals surface area contributed by atoms with Crippen molar-refractivity contribution in [3.63, 3.8) is 0 Å². The van der Waals surface area contributed by atoms with Crippen LogP contribution in [0.2, 0.25) is 0 Å². The predicted molar refractivity (Wildman–Crippen MR) is 89.9 cm³/mol. The lowest BCUT2D eigenvalue weighted by Gasteiger charge is -2.29. The second kappa shape index (κ2) is 7.76. The molecule has 1 atom stereocenters. The molecule has 4 heteroatoms. The van der Waals surface area contributed by atoms with Gasteiger partial charge in [0.1, 0.15) is 5.82 Å². The first-order chi connectivity index (χ1) is 10.1. The number of aryl methyl sites for hydroxylation is 1. The molecule has 1 N–H and O–H groups in total. The van der Waals surface area contributed by atoms with Gasteiger partial charge in [-0.1, -0.05) is 6.92 Å². The lowest BCUT2D eigenvalue weighted by molar-refractivity contribution is 0.337. The average molecular weight is 290 g/mol. The fourth-order valence-electron chi connectivity index (χ4n) is 3.09. The number of nitrogens with one attached hydrogen (secondary N) is 1. The first kappa shape index (κ1) is 16.2. The fraction of sp³-hybridized carbons (Fsp3) is 0.706. The number of likely N-dealkylation sites (N-methyl/N-ethyl adjacent to an activating group) is 1. The molecular weight excluding hydrogens is 260 g/mol. The van der Waals surface area contributed by atoms with Crippen molar-refractivity contribution in [3.05, 3.63) is 23.4 Å². The van der Waals surface area contributed by atoms with E-state index in [0.29, 0.717) is 6.04 Å². The van der Waals surface area contributed by atoms with Crippen molar-refractivity contribution in [2.24, 2.45) is 0 Å². The van der Waals surface area contributed by atoms with E-state index in [4.69, 9.17) is 4.98 Å². The minimum Gasteiger partial charge on any atom is -0.353 e. The van der Waals surface area contributed by atoms with Crippen molar-refractivity contribution >= 4 is 5.82 Å². The van der Waals surface area contributed by atoms with Crippen LogP contribution in [0.25, 0.3) is 0 Å². The Bertz CT molecular complexity index is 446. The first-order valence-corrected chi connectivity index (χ1v) is 8.23. The molecule has 0 spiro atoms. The quantitative estimate of drug-likeness (QED) is 0.844. The topological polar surface area (TPSA) is 31.4 Å². The Labute approximate surface area is 129 Å². The molecule has 21 heavy (non-hydrogen) atoms. The van der Waals surface area contributed by atoms with Crippen molar-refractivity contribution in [3.8, 4) is 0 Å². The highest BCUT2D eigenvalue weighted by atomic mass is 15.3. The molecule has 0 radical (unpaired) electrons. The molecule has 2 rings (SSSR count). The molecule has 0 amide bonds. The molecule has 1 unspecified atom stereocenters. The van der Waals surface area contributed by atoms with Gasteiger partial charge in [-0.2, -0.15) is 0 Å². The van der Waals surface area contributed by atoms with Crippen LogP contribution in [-0.4, -0.2) is 49.2 Å². The van der Waals surface area contributed by atoms with E-state index in [1.54, 1.807) is 0 Å². The van der Waals surface area contributed by atoms with Gasteiger partial charge in [-0.25, -0.2) is 4.98 Å². The molecular formula is C17H30N4. The van der Waals surface area contributed by atoms with E-state index < -0.39 is 0 Å². The highest BCUT2D eigenvalue weighted by Gasteiger charge is 2.21. The third-order valence-electron chi connectivity index (χ3n) is 4.10. The zero-order valence-electron chi connectivity index (χ0n) is 14.0. The van der Waals surface area contributed by atoms with Gasteiger partial charge in [0.15, 0.2) is 0 Å². The summed E-state index contributed by atoms with van der Waals surface area (Å²) in [6.45, 7) is 12.0. The zero-order chi connectivity index (χ0) is 15.2. The van der Waals surface area contributed by atoms with Gasteiger partial charge in [0.25, 0.3) is 0 Å². The van der Waals surface area contributed by atoms with Crippen LogP contribution in [0.5, 0.6) is 0 Å². The Morgan fingerprint density at radius 2 is 2.14 bits per heavy atom. The Morgan fingerprint density at radius 3 is 2.90 bits per heavy atom. The van der Waals surface area contributed by atoms with Gasteiger partial charge in [-0.15, -0.1) is 0 Å². The number of nitrogens with zero attached hydrogens (tertiary/aromatic N) is 3. The van der Waals surface area contributed by atoms with Gasteiger partial charge in [0.2, 0.25) is 0 Å². The van der Waals surface area contributed by atoms with E-state index >= 15 is 0 Å². The lowest BCUT2D eigenvalue weighted by Crippen LogP contribution is -2.38. The van der Waals surface area contributed by atoms with Gasteiger partial charge in [0, 0.05) is 31.4 Å². The summed E-state index contributed by atoms with van der Waals surface area (Å²) in [5, 5.41) is 3.48. The summed E-state index contributed by atoms with van der Waals surface area (Å²) < 4.78 is 0. The summed E-state index contributed by atoms with van der Waals surface area (Å²) >= 11 is 0. The zero-order valence-corrected chi connectivity index (χ0v) is 14.0. The van der Waals surface area contributed by atoms with Crippen molar-refractivity contribution in [2.75, 3.05) is 38.1 Å². The number of hydrogen-bond donors (Lipinski definition) is 1.